The number of nitrogens with one attached hydrogen (secondary N) is 4. The van der Waals surface area contributed by atoms with Crippen LogP contribution in [0.5, 0.6) is 0 Å². The Morgan fingerprint density at radius 2 is 1.62 bits per heavy atom. The average molecular weight is 590 g/mol. The molecule has 2 rings (SSSR count). The molecule has 42 heavy (non-hydrogen) atoms. The maximum atomic E-state index is 13.2. The molecule has 15 nitrogen and oxygen atoms in total. The minimum atomic E-state index is -1.45. The maximum Gasteiger partial charge on any atom is 0.326 e. The number of nitrogens with zero attached hydrogens (tertiary/aromatic N) is 1. The summed E-state index contributed by atoms with van der Waals surface area (Å²) in [6.07, 6.45) is 2.09. The number of carbonyl (C=O) groups excluding carboxylic acids is 3. The number of fused-ring (bicyclic) bond motifs is 1. The topological polar surface area (TPSA) is 277 Å². The number of hydrogen-bond acceptors (Lipinski definition) is 8. The molecule has 14 N–H and O–H groups in total. The molecule has 0 aliphatic rings. The Balaban J connectivity index is 2.12. The van der Waals surface area contributed by atoms with Gasteiger partial charge in [0.25, 0.3) is 0 Å². The number of aromatic nitrogens is 1. The first kappa shape index (κ1) is 34.0. The number of aliphatic imine (C=N–C) groups is 1. The van der Waals surface area contributed by atoms with Crippen molar-refractivity contribution in [1.29, 1.82) is 0 Å². The summed E-state index contributed by atoms with van der Waals surface area (Å²) in [5.74, 6) is -3.66. The van der Waals surface area contributed by atoms with E-state index in [-0.39, 0.29) is 38.2 Å². The Bertz CT molecular complexity index is 1230. The van der Waals surface area contributed by atoms with Gasteiger partial charge in [-0.05, 0) is 63.6 Å². The number of hydrogen-bond donors (Lipinski definition) is 10. The van der Waals surface area contributed by atoms with E-state index >= 15 is 0 Å². The fourth-order valence-corrected chi connectivity index (χ4v) is 4.35. The maximum absolute atomic E-state index is 13.2. The summed E-state index contributed by atoms with van der Waals surface area (Å²) >= 11 is 0. The summed E-state index contributed by atoms with van der Waals surface area (Å²) in [4.78, 5) is 57.9. The number of aromatic amines is 1. The lowest BCUT2D eigenvalue weighted by molar-refractivity contribution is -0.142. The number of guanidine groups is 1. The van der Waals surface area contributed by atoms with E-state index in [9.17, 15) is 29.4 Å². The first-order valence-corrected chi connectivity index (χ1v) is 13.8. The fraction of sp³-hybridized carbons (Fsp3) is 0.519. The number of carboxylic acids is 1. The number of aliphatic hydroxyl groups excluding tert-OH is 1. The van der Waals surface area contributed by atoms with E-state index in [0.29, 0.717) is 19.4 Å². The second kappa shape index (κ2) is 16.9. The van der Waals surface area contributed by atoms with Gasteiger partial charge < -0.3 is 54.1 Å². The van der Waals surface area contributed by atoms with Crippen molar-refractivity contribution in [3.05, 3.63) is 36.0 Å². The summed E-state index contributed by atoms with van der Waals surface area (Å²) in [6, 6.07) is 2.63. The van der Waals surface area contributed by atoms with E-state index < -0.39 is 54.0 Å². The van der Waals surface area contributed by atoms with E-state index in [1.165, 1.54) is 6.92 Å². The molecule has 1 heterocycles. The largest absolute Gasteiger partial charge is 0.480 e. The van der Waals surface area contributed by atoms with Crippen molar-refractivity contribution in [2.45, 2.75) is 75.7 Å². The predicted molar refractivity (Wildman–Crippen MR) is 158 cm³/mol. The Labute approximate surface area is 243 Å². The fourth-order valence-electron chi connectivity index (χ4n) is 4.35. The minimum absolute atomic E-state index is 0.0457. The number of carbonyl (C=O) groups is 4. The molecule has 0 fully saturated rings. The van der Waals surface area contributed by atoms with Crippen LogP contribution in [0.1, 0.15) is 44.6 Å². The zero-order valence-electron chi connectivity index (χ0n) is 23.7. The van der Waals surface area contributed by atoms with E-state index in [1.54, 1.807) is 6.20 Å². The van der Waals surface area contributed by atoms with Crippen LogP contribution >= 0.6 is 0 Å². The highest BCUT2D eigenvalue weighted by Crippen LogP contribution is 2.19. The third-order valence-corrected chi connectivity index (χ3v) is 6.65. The van der Waals surface area contributed by atoms with Gasteiger partial charge in [-0.3, -0.25) is 19.4 Å². The summed E-state index contributed by atoms with van der Waals surface area (Å²) < 4.78 is 0. The molecule has 0 aliphatic heterocycles. The molecule has 0 spiro atoms. The van der Waals surface area contributed by atoms with Gasteiger partial charge in [0.1, 0.15) is 18.1 Å². The first-order valence-electron chi connectivity index (χ1n) is 13.8. The lowest BCUT2D eigenvalue weighted by Crippen LogP contribution is -2.60. The van der Waals surface area contributed by atoms with Gasteiger partial charge in [-0.1, -0.05) is 18.2 Å². The molecule has 0 bridgehead atoms. The third-order valence-electron chi connectivity index (χ3n) is 6.65. The van der Waals surface area contributed by atoms with Gasteiger partial charge in [0, 0.05) is 23.6 Å². The standard InChI is InChI=1S/C27H43N9O6/c1-15(37)22(36-23(38)18(29)13-16-14-33-19-8-3-2-7-17(16)19)25(40)34-20(10-6-12-32-27(30)31)24(39)35-21(26(41)42)9-4-5-11-28/h2-3,7-8,14-15,18,20-22,33,37H,4-6,9-13,28-29H2,1H3,(H,34,40)(H,35,39)(H,36,38)(H,41,42)(H4,30,31,32). The number of H-pyrrole nitrogens is 1. The van der Waals surface area contributed by atoms with Crippen LogP contribution in [0.25, 0.3) is 10.9 Å². The minimum Gasteiger partial charge on any atom is -0.480 e. The highest BCUT2D eigenvalue weighted by Gasteiger charge is 2.32. The van der Waals surface area contributed by atoms with E-state index in [0.717, 1.165) is 16.5 Å². The molecule has 1 aromatic heterocycles. The van der Waals surface area contributed by atoms with Gasteiger partial charge in [0.15, 0.2) is 5.96 Å². The van der Waals surface area contributed by atoms with Gasteiger partial charge >= 0.3 is 5.97 Å². The second-order valence-corrected chi connectivity index (χ2v) is 10.1. The second-order valence-electron chi connectivity index (χ2n) is 10.1. The van der Waals surface area contributed by atoms with Crippen LogP contribution in [0, 0.1) is 0 Å². The number of benzene rings is 1. The molecule has 2 aromatic rings. The Morgan fingerprint density at radius 1 is 0.952 bits per heavy atom. The van der Waals surface area contributed by atoms with Crippen molar-refractivity contribution in [3.63, 3.8) is 0 Å². The molecule has 5 atom stereocenters. The van der Waals surface area contributed by atoms with Crippen LogP contribution in [-0.4, -0.2) is 88.2 Å². The highest BCUT2D eigenvalue weighted by molar-refractivity contribution is 5.94. The number of nitrogens with two attached hydrogens (primary N) is 4. The molecule has 1 aromatic carbocycles. The van der Waals surface area contributed by atoms with Crippen LogP contribution in [0.15, 0.2) is 35.5 Å². The number of para-hydroxylation sites is 1. The quantitative estimate of drug-likeness (QED) is 0.0526. The molecule has 0 aliphatic carbocycles. The zero-order chi connectivity index (χ0) is 31.2. The Kier molecular flexibility index (Phi) is 13.7. The average Bonchev–Trinajstić information content (AvgIpc) is 3.34. The molecule has 232 valence electrons. The molecule has 5 unspecified atom stereocenters. The summed E-state index contributed by atoms with van der Waals surface area (Å²) in [6.45, 7) is 1.84. The molecule has 15 heteroatoms. The predicted octanol–water partition coefficient (Wildman–Crippen LogP) is -1.86. The van der Waals surface area contributed by atoms with Crippen LogP contribution in [0.2, 0.25) is 0 Å². The summed E-state index contributed by atoms with van der Waals surface area (Å²) in [5, 5.41) is 28.2. The smallest absolute Gasteiger partial charge is 0.326 e. The number of rotatable bonds is 18. The molecule has 0 saturated heterocycles. The number of amides is 3. The molecule has 0 saturated carbocycles. The van der Waals surface area contributed by atoms with Crippen molar-refractivity contribution in [2.24, 2.45) is 27.9 Å². The van der Waals surface area contributed by atoms with Crippen LogP contribution in [0.4, 0.5) is 0 Å². The first-order chi connectivity index (χ1) is 19.9. The third kappa shape index (κ3) is 10.6. The van der Waals surface area contributed by atoms with Crippen LogP contribution in [-0.2, 0) is 25.6 Å². The van der Waals surface area contributed by atoms with E-state index in [4.69, 9.17) is 22.9 Å². The number of unbranched alkanes of at least 4 members (excludes halogenated alkanes) is 1. The van der Waals surface area contributed by atoms with E-state index in [1.807, 2.05) is 24.3 Å². The molecular formula is C27H43N9O6. The zero-order valence-corrected chi connectivity index (χ0v) is 23.7. The number of aliphatic hydroxyl groups is 1. The Hall–Kier alpha value is -4.21. The van der Waals surface area contributed by atoms with Gasteiger partial charge in [-0.25, -0.2) is 4.79 Å². The van der Waals surface area contributed by atoms with Crippen molar-refractivity contribution in [1.82, 2.24) is 20.9 Å². The van der Waals surface area contributed by atoms with E-state index in [2.05, 4.69) is 25.9 Å². The number of carboxylic acid groups (broad SMARTS) is 1. The lowest BCUT2D eigenvalue weighted by atomic mass is 10.0. The lowest BCUT2D eigenvalue weighted by Gasteiger charge is -2.26. The van der Waals surface area contributed by atoms with Crippen molar-refractivity contribution in [2.75, 3.05) is 13.1 Å². The van der Waals surface area contributed by atoms with Gasteiger partial charge in [-0.15, -0.1) is 0 Å². The summed E-state index contributed by atoms with van der Waals surface area (Å²) in [5.41, 5.74) is 24.0. The summed E-state index contributed by atoms with van der Waals surface area (Å²) in [7, 11) is 0. The highest BCUT2D eigenvalue weighted by atomic mass is 16.4. The molecular weight excluding hydrogens is 546 g/mol. The SMILES string of the molecule is CC(O)C(NC(=O)C(N)Cc1c[nH]c2ccccc12)C(=O)NC(CCCN=C(N)N)C(=O)NC(CCCCN)C(=O)O. The van der Waals surface area contributed by atoms with Crippen molar-refractivity contribution < 1.29 is 29.4 Å². The normalized spacial score (nSPS) is 14.7. The van der Waals surface area contributed by atoms with Crippen molar-refractivity contribution >= 4 is 40.6 Å². The monoisotopic (exact) mass is 589 g/mol. The Morgan fingerprint density at radius 3 is 2.26 bits per heavy atom. The molecule has 3 amide bonds. The van der Waals surface area contributed by atoms with Crippen LogP contribution in [0.3, 0.4) is 0 Å². The van der Waals surface area contributed by atoms with Gasteiger partial charge in [0.05, 0.1) is 12.1 Å². The van der Waals surface area contributed by atoms with Gasteiger partial charge in [0.2, 0.25) is 17.7 Å². The van der Waals surface area contributed by atoms with Gasteiger partial charge in [-0.2, -0.15) is 0 Å². The number of aliphatic carboxylic acids is 1. The molecule has 0 radical (unpaired) electrons. The van der Waals surface area contributed by atoms with Crippen LogP contribution < -0.4 is 38.9 Å². The van der Waals surface area contributed by atoms with Crippen molar-refractivity contribution in [3.8, 4) is 0 Å².